The first-order valence-corrected chi connectivity index (χ1v) is 6.68. The minimum atomic E-state index is -0.151. The Labute approximate surface area is 110 Å². The second kappa shape index (κ2) is 3.88. The molecule has 0 saturated heterocycles. The zero-order chi connectivity index (χ0) is 12.9. The molecule has 0 aliphatic carbocycles. The third-order valence-corrected chi connectivity index (χ3v) is 4.58. The van der Waals surface area contributed by atoms with Crippen LogP contribution in [0.2, 0.25) is 0 Å². The Morgan fingerprint density at radius 1 is 1.33 bits per heavy atom. The predicted octanol–water partition coefficient (Wildman–Crippen LogP) is 2.56. The van der Waals surface area contributed by atoms with Crippen molar-refractivity contribution < 1.29 is 4.79 Å². The molecule has 5 heteroatoms. The molecule has 0 bridgehead atoms. The van der Waals surface area contributed by atoms with E-state index in [9.17, 15) is 4.79 Å². The topological polar surface area (TPSA) is 46.1 Å². The number of aromatic nitrogens is 1. The van der Waals surface area contributed by atoms with Crippen LogP contribution in [0.5, 0.6) is 0 Å². The van der Waals surface area contributed by atoms with E-state index in [1.165, 1.54) is 4.88 Å². The smallest absolute Gasteiger partial charge is 0.256 e. The van der Waals surface area contributed by atoms with E-state index in [-0.39, 0.29) is 12.1 Å². The van der Waals surface area contributed by atoms with Crippen molar-refractivity contribution in [2.75, 3.05) is 5.32 Å². The molecule has 1 atom stereocenters. The molecular weight excluding hydrogens is 246 g/mol. The monoisotopic (exact) mass is 261 g/mol. The molecule has 2 aromatic heterocycles. The van der Waals surface area contributed by atoms with Gasteiger partial charge in [0.2, 0.25) is 0 Å². The third kappa shape index (κ3) is 1.54. The molecule has 94 valence electrons. The molecule has 3 rings (SSSR count). The van der Waals surface area contributed by atoms with Crippen molar-refractivity contribution in [1.82, 2.24) is 9.88 Å². The van der Waals surface area contributed by atoms with Crippen LogP contribution in [0, 0.1) is 13.8 Å². The molecule has 3 heterocycles. The molecule has 0 saturated carbocycles. The van der Waals surface area contributed by atoms with Crippen LogP contribution in [-0.4, -0.2) is 10.5 Å². The summed E-state index contributed by atoms with van der Waals surface area (Å²) in [6, 6.07) is 3.99. The van der Waals surface area contributed by atoms with Crippen molar-refractivity contribution in [2.45, 2.75) is 20.0 Å². The van der Waals surface area contributed by atoms with Gasteiger partial charge in [0.25, 0.3) is 5.91 Å². The van der Waals surface area contributed by atoms with Gasteiger partial charge < -0.3 is 15.2 Å². The van der Waals surface area contributed by atoms with Gasteiger partial charge in [-0.15, -0.1) is 11.3 Å². The Bertz CT molecular complexity index is 626. The van der Waals surface area contributed by atoms with Crippen LogP contribution in [0.1, 0.15) is 32.7 Å². The Morgan fingerprint density at radius 3 is 2.78 bits per heavy atom. The van der Waals surface area contributed by atoms with Gasteiger partial charge >= 0.3 is 0 Å². The number of hydrogen-bond donors (Lipinski definition) is 2. The normalized spacial score (nSPS) is 18.2. The Balaban J connectivity index is 2.02. The van der Waals surface area contributed by atoms with E-state index in [1.54, 1.807) is 11.3 Å². The minimum absolute atomic E-state index is 0.0109. The molecule has 0 radical (unpaired) electrons. The molecule has 18 heavy (non-hydrogen) atoms. The number of nitrogens with zero attached hydrogens (tertiary/aromatic N) is 1. The lowest BCUT2D eigenvalue weighted by Gasteiger charge is -2.26. The SMILES string of the molecule is Cc1sc2c(c1C)C(=O)NC(c1cccn1C)N2. The van der Waals surface area contributed by atoms with Gasteiger partial charge in [-0.1, -0.05) is 0 Å². The number of aryl methyl sites for hydroxylation is 2. The fourth-order valence-corrected chi connectivity index (χ4v) is 3.38. The van der Waals surface area contributed by atoms with Gasteiger partial charge in [-0.2, -0.15) is 0 Å². The molecule has 2 N–H and O–H groups in total. The average molecular weight is 261 g/mol. The molecule has 2 aromatic rings. The van der Waals surface area contributed by atoms with Gasteiger partial charge in [-0.05, 0) is 31.5 Å². The first-order valence-electron chi connectivity index (χ1n) is 5.86. The number of amides is 1. The van der Waals surface area contributed by atoms with Gasteiger partial charge in [0.05, 0.1) is 11.3 Å². The van der Waals surface area contributed by atoms with Crippen LogP contribution in [0.4, 0.5) is 5.00 Å². The zero-order valence-electron chi connectivity index (χ0n) is 10.6. The van der Waals surface area contributed by atoms with Crippen molar-refractivity contribution in [2.24, 2.45) is 7.05 Å². The van der Waals surface area contributed by atoms with E-state index >= 15 is 0 Å². The molecule has 1 unspecified atom stereocenters. The second-order valence-electron chi connectivity index (χ2n) is 4.58. The lowest BCUT2D eigenvalue weighted by Crippen LogP contribution is -2.38. The van der Waals surface area contributed by atoms with E-state index in [4.69, 9.17) is 0 Å². The predicted molar refractivity (Wildman–Crippen MR) is 73.0 cm³/mol. The maximum Gasteiger partial charge on any atom is 0.256 e. The molecule has 0 spiro atoms. The average Bonchev–Trinajstić information content (AvgIpc) is 2.84. The number of carbonyl (C=O) groups is 1. The largest absolute Gasteiger partial charge is 0.351 e. The summed E-state index contributed by atoms with van der Waals surface area (Å²) in [5.41, 5.74) is 2.92. The van der Waals surface area contributed by atoms with Crippen LogP contribution in [0.25, 0.3) is 0 Å². The summed E-state index contributed by atoms with van der Waals surface area (Å²) in [5, 5.41) is 7.38. The van der Waals surface area contributed by atoms with Gasteiger partial charge in [0.15, 0.2) is 0 Å². The van der Waals surface area contributed by atoms with Gasteiger partial charge in [0.1, 0.15) is 11.2 Å². The number of hydrogen-bond acceptors (Lipinski definition) is 3. The number of rotatable bonds is 1. The molecule has 1 amide bonds. The van der Waals surface area contributed by atoms with Gasteiger partial charge in [0, 0.05) is 18.1 Å². The quantitative estimate of drug-likeness (QED) is 0.828. The number of anilines is 1. The highest BCUT2D eigenvalue weighted by molar-refractivity contribution is 7.16. The molecule has 1 aliphatic rings. The van der Waals surface area contributed by atoms with Crippen molar-refractivity contribution in [3.8, 4) is 0 Å². The van der Waals surface area contributed by atoms with Crippen LogP contribution in [0.3, 0.4) is 0 Å². The Morgan fingerprint density at radius 2 is 2.11 bits per heavy atom. The summed E-state index contributed by atoms with van der Waals surface area (Å²) in [6.45, 7) is 4.04. The number of thiophene rings is 1. The zero-order valence-corrected chi connectivity index (χ0v) is 11.4. The van der Waals surface area contributed by atoms with E-state index in [0.717, 1.165) is 21.8 Å². The van der Waals surface area contributed by atoms with Crippen LogP contribution < -0.4 is 10.6 Å². The van der Waals surface area contributed by atoms with E-state index in [0.29, 0.717) is 0 Å². The molecule has 1 aliphatic heterocycles. The second-order valence-corrected chi connectivity index (χ2v) is 5.81. The standard InChI is InChI=1S/C13H15N3OS/c1-7-8(2)18-13-10(7)12(17)14-11(15-13)9-5-4-6-16(9)3/h4-6,11,15H,1-3H3,(H,14,17). The summed E-state index contributed by atoms with van der Waals surface area (Å²) in [4.78, 5) is 13.4. The van der Waals surface area contributed by atoms with Crippen molar-refractivity contribution in [3.05, 3.63) is 40.0 Å². The van der Waals surface area contributed by atoms with Gasteiger partial charge in [-0.25, -0.2) is 0 Å². The maximum atomic E-state index is 12.2. The lowest BCUT2D eigenvalue weighted by atomic mass is 10.1. The molecule has 0 fully saturated rings. The third-order valence-electron chi connectivity index (χ3n) is 3.44. The Hall–Kier alpha value is -1.75. The van der Waals surface area contributed by atoms with Gasteiger partial charge in [-0.3, -0.25) is 4.79 Å². The first kappa shape index (κ1) is 11.3. The van der Waals surface area contributed by atoms with Crippen LogP contribution in [0.15, 0.2) is 18.3 Å². The summed E-state index contributed by atoms with van der Waals surface area (Å²) in [7, 11) is 1.98. The highest BCUT2D eigenvalue weighted by Gasteiger charge is 2.29. The Kier molecular flexibility index (Phi) is 2.45. The molecule has 4 nitrogen and oxygen atoms in total. The van der Waals surface area contributed by atoms with Crippen LogP contribution in [-0.2, 0) is 7.05 Å². The molecule has 0 aromatic carbocycles. The van der Waals surface area contributed by atoms with E-state index < -0.39 is 0 Å². The van der Waals surface area contributed by atoms with E-state index in [1.807, 2.05) is 43.8 Å². The maximum absolute atomic E-state index is 12.2. The highest BCUT2D eigenvalue weighted by Crippen LogP contribution is 2.37. The highest BCUT2D eigenvalue weighted by atomic mass is 32.1. The van der Waals surface area contributed by atoms with E-state index in [2.05, 4.69) is 10.6 Å². The summed E-state index contributed by atoms with van der Waals surface area (Å²) >= 11 is 1.65. The number of fused-ring (bicyclic) bond motifs is 1. The summed E-state index contributed by atoms with van der Waals surface area (Å²) < 4.78 is 2.01. The van der Waals surface area contributed by atoms with Crippen LogP contribution >= 0.6 is 11.3 Å². The fourth-order valence-electron chi connectivity index (χ4n) is 2.29. The number of nitrogens with one attached hydrogen (secondary N) is 2. The van der Waals surface area contributed by atoms with Crippen molar-refractivity contribution >= 4 is 22.2 Å². The number of carbonyl (C=O) groups excluding carboxylic acids is 1. The first-order chi connectivity index (χ1) is 8.58. The molecular formula is C13H15N3OS. The summed E-state index contributed by atoms with van der Waals surface area (Å²) in [6.07, 6.45) is 1.83. The lowest BCUT2D eigenvalue weighted by molar-refractivity contribution is 0.0934. The van der Waals surface area contributed by atoms with Crippen molar-refractivity contribution in [1.29, 1.82) is 0 Å². The fraction of sp³-hybridized carbons (Fsp3) is 0.308. The van der Waals surface area contributed by atoms with Crippen molar-refractivity contribution in [3.63, 3.8) is 0 Å². The minimum Gasteiger partial charge on any atom is -0.351 e. The summed E-state index contributed by atoms with van der Waals surface area (Å²) in [5.74, 6) is 0.0109.